The summed E-state index contributed by atoms with van der Waals surface area (Å²) < 4.78 is 33.4. The molecule has 0 saturated heterocycles. The van der Waals surface area contributed by atoms with E-state index in [1.54, 1.807) is 7.11 Å². The number of nitrogens with two attached hydrogens (primary N) is 1. The van der Waals surface area contributed by atoms with Crippen molar-refractivity contribution < 1.29 is 13.5 Å². The summed E-state index contributed by atoms with van der Waals surface area (Å²) in [4.78, 5) is -0.0334. The Hall–Kier alpha value is -1.27. The van der Waals surface area contributed by atoms with Gasteiger partial charge in [0.05, 0.1) is 12.0 Å². The molecule has 0 aliphatic heterocycles. The van der Waals surface area contributed by atoms with Crippen LogP contribution in [0.25, 0.3) is 0 Å². The van der Waals surface area contributed by atoms with Crippen LogP contribution in [0.15, 0.2) is 39.7 Å². The summed E-state index contributed by atoms with van der Waals surface area (Å²) in [5.74, 6) is -0.185. The monoisotopic (exact) mass is 359 g/mol. The summed E-state index contributed by atoms with van der Waals surface area (Å²) in [5, 5.41) is 0. The average Bonchev–Trinajstić information content (AvgIpc) is 2.39. The number of rotatable bonds is 4. The maximum Gasteiger partial charge on any atom is 0.141 e. The van der Waals surface area contributed by atoms with Crippen LogP contribution in [0.1, 0.15) is 5.56 Å². The number of hydrogen-bond donors (Lipinski definition) is 1. The molecule has 0 saturated carbocycles. The Kier molecular flexibility index (Phi) is 4.88. The maximum atomic E-state index is 13.7. The third-order valence-electron chi connectivity index (χ3n) is 2.65. The highest BCUT2D eigenvalue weighted by atomic mass is 79.9. The van der Waals surface area contributed by atoms with E-state index in [1.165, 1.54) is 0 Å². The van der Waals surface area contributed by atoms with Gasteiger partial charge < -0.3 is 10.5 Å². The molecule has 0 aliphatic carbocycles. The summed E-state index contributed by atoms with van der Waals surface area (Å²) in [6.45, 7) is 0. The van der Waals surface area contributed by atoms with E-state index < -0.39 is 11.6 Å². The largest absolute Gasteiger partial charge is 0.497 e. The molecule has 2 aromatic carbocycles. The average molecular weight is 360 g/mol. The second kappa shape index (κ2) is 6.45. The van der Waals surface area contributed by atoms with Crippen LogP contribution in [-0.4, -0.2) is 7.11 Å². The molecule has 0 spiro atoms. The first kappa shape index (κ1) is 15.1. The number of thioether (sulfide) groups is 1. The van der Waals surface area contributed by atoms with Gasteiger partial charge in [-0.1, -0.05) is 15.9 Å². The quantitative estimate of drug-likeness (QED) is 0.639. The molecule has 0 aromatic heterocycles. The fourth-order valence-electron chi connectivity index (χ4n) is 1.66. The van der Waals surface area contributed by atoms with Crippen molar-refractivity contribution in [2.24, 2.45) is 0 Å². The van der Waals surface area contributed by atoms with Crippen LogP contribution >= 0.6 is 27.7 Å². The zero-order valence-electron chi connectivity index (χ0n) is 10.6. The van der Waals surface area contributed by atoms with Crippen LogP contribution in [0.2, 0.25) is 0 Å². The normalized spacial score (nSPS) is 10.6. The lowest BCUT2D eigenvalue weighted by atomic mass is 10.2. The summed E-state index contributed by atoms with van der Waals surface area (Å²) in [7, 11) is 1.57. The van der Waals surface area contributed by atoms with Crippen molar-refractivity contribution in [3.8, 4) is 5.75 Å². The number of ether oxygens (including phenoxy) is 1. The first-order chi connectivity index (χ1) is 9.51. The third kappa shape index (κ3) is 3.43. The van der Waals surface area contributed by atoms with Gasteiger partial charge in [0.1, 0.15) is 17.4 Å². The number of nitrogen functional groups attached to an aromatic ring is 1. The molecule has 0 amide bonds. The lowest BCUT2D eigenvalue weighted by molar-refractivity contribution is 0.414. The van der Waals surface area contributed by atoms with E-state index in [-0.39, 0.29) is 10.6 Å². The molecule has 0 atom stereocenters. The number of methoxy groups -OCH3 is 1. The Bertz CT molecular complexity index is 614. The van der Waals surface area contributed by atoms with E-state index in [0.29, 0.717) is 11.5 Å². The topological polar surface area (TPSA) is 35.2 Å². The van der Waals surface area contributed by atoms with Crippen LogP contribution in [0.3, 0.4) is 0 Å². The minimum absolute atomic E-state index is 0.0334. The van der Waals surface area contributed by atoms with Crippen LogP contribution < -0.4 is 10.5 Å². The molecule has 20 heavy (non-hydrogen) atoms. The number of hydrogen-bond acceptors (Lipinski definition) is 3. The number of benzene rings is 2. The highest BCUT2D eigenvalue weighted by molar-refractivity contribution is 9.10. The summed E-state index contributed by atoms with van der Waals surface area (Å²) in [6, 6.07) is 7.70. The van der Waals surface area contributed by atoms with Crippen molar-refractivity contribution >= 4 is 33.4 Å². The summed E-state index contributed by atoms with van der Waals surface area (Å²) in [6.07, 6.45) is 0. The minimum atomic E-state index is -0.647. The van der Waals surface area contributed by atoms with E-state index in [4.69, 9.17) is 10.5 Å². The van der Waals surface area contributed by atoms with Gasteiger partial charge in [-0.15, -0.1) is 11.8 Å². The molecule has 0 fully saturated rings. The molecule has 6 heteroatoms. The van der Waals surface area contributed by atoms with Crippen molar-refractivity contribution in [3.63, 3.8) is 0 Å². The molecule has 2 nitrogen and oxygen atoms in total. The molecular formula is C14H12BrF2NOS. The van der Waals surface area contributed by atoms with E-state index >= 15 is 0 Å². The fourth-order valence-corrected chi connectivity index (χ4v) is 3.16. The van der Waals surface area contributed by atoms with Crippen LogP contribution in [0.4, 0.5) is 14.5 Å². The fraction of sp³-hybridized carbons (Fsp3) is 0.143. The van der Waals surface area contributed by atoms with Gasteiger partial charge in [-0.3, -0.25) is 0 Å². The highest BCUT2D eigenvalue weighted by Gasteiger charge is 2.12. The van der Waals surface area contributed by atoms with Gasteiger partial charge in [0.15, 0.2) is 0 Å². The van der Waals surface area contributed by atoms with Gasteiger partial charge in [-0.25, -0.2) is 8.78 Å². The zero-order chi connectivity index (χ0) is 14.7. The molecule has 0 radical (unpaired) electrons. The SMILES string of the molecule is COc1ccc(Br)c(CSc2c(F)cc(N)cc2F)c1. The Balaban J connectivity index is 2.21. The smallest absolute Gasteiger partial charge is 0.141 e. The Morgan fingerprint density at radius 1 is 1.20 bits per heavy atom. The van der Waals surface area contributed by atoms with Gasteiger partial charge >= 0.3 is 0 Å². The zero-order valence-corrected chi connectivity index (χ0v) is 13.0. The van der Waals surface area contributed by atoms with E-state index in [9.17, 15) is 8.78 Å². The van der Waals surface area contributed by atoms with Gasteiger partial charge in [0.25, 0.3) is 0 Å². The first-order valence-electron chi connectivity index (χ1n) is 5.71. The molecule has 0 unspecified atom stereocenters. The lowest BCUT2D eigenvalue weighted by Crippen LogP contribution is -1.94. The molecule has 0 heterocycles. The second-order valence-corrected chi connectivity index (χ2v) is 5.90. The van der Waals surface area contributed by atoms with Crippen molar-refractivity contribution in [3.05, 3.63) is 52.0 Å². The van der Waals surface area contributed by atoms with Crippen LogP contribution in [-0.2, 0) is 5.75 Å². The van der Waals surface area contributed by atoms with Gasteiger partial charge in [0.2, 0.25) is 0 Å². The molecule has 2 rings (SSSR count). The summed E-state index contributed by atoms with van der Waals surface area (Å²) >= 11 is 4.48. The highest BCUT2D eigenvalue weighted by Crippen LogP contribution is 2.33. The summed E-state index contributed by atoms with van der Waals surface area (Å²) in [5.41, 5.74) is 6.35. The number of anilines is 1. The van der Waals surface area contributed by atoms with Crippen molar-refractivity contribution in [2.45, 2.75) is 10.6 Å². The van der Waals surface area contributed by atoms with Gasteiger partial charge in [-0.2, -0.15) is 0 Å². The predicted molar refractivity (Wildman–Crippen MR) is 81.0 cm³/mol. The Morgan fingerprint density at radius 3 is 2.45 bits per heavy atom. The van der Waals surface area contributed by atoms with Crippen LogP contribution in [0.5, 0.6) is 5.75 Å². The Morgan fingerprint density at radius 2 is 1.85 bits per heavy atom. The van der Waals surface area contributed by atoms with Crippen LogP contribution in [0, 0.1) is 11.6 Å². The van der Waals surface area contributed by atoms with Crippen molar-refractivity contribution in [1.29, 1.82) is 0 Å². The van der Waals surface area contributed by atoms with Gasteiger partial charge in [-0.05, 0) is 35.9 Å². The predicted octanol–water partition coefficient (Wildman–Crippen LogP) is 4.61. The minimum Gasteiger partial charge on any atom is -0.497 e. The molecule has 0 bridgehead atoms. The Labute approximate surface area is 128 Å². The van der Waals surface area contributed by atoms with E-state index in [1.807, 2.05) is 18.2 Å². The van der Waals surface area contributed by atoms with Gasteiger partial charge in [0, 0.05) is 15.9 Å². The third-order valence-corrected chi connectivity index (χ3v) is 4.55. The molecular weight excluding hydrogens is 348 g/mol. The lowest BCUT2D eigenvalue weighted by Gasteiger charge is -2.09. The second-order valence-electron chi connectivity index (χ2n) is 4.06. The van der Waals surface area contributed by atoms with E-state index in [2.05, 4.69) is 15.9 Å². The number of halogens is 3. The maximum absolute atomic E-state index is 13.7. The van der Waals surface area contributed by atoms with E-state index in [0.717, 1.165) is 33.9 Å². The molecule has 0 aliphatic rings. The van der Waals surface area contributed by atoms with Crippen molar-refractivity contribution in [1.82, 2.24) is 0 Å². The first-order valence-corrected chi connectivity index (χ1v) is 7.49. The molecule has 2 aromatic rings. The molecule has 2 N–H and O–H groups in total. The van der Waals surface area contributed by atoms with Crippen molar-refractivity contribution in [2.75, 3.05) is 12.8 Å². The standard InChI is InChI=1S/C14H12BrF2NOS/c1-19-10-2-3-11(15)8(4-10)7-20-14-12(16)5-9(18)6-13(14)17/h2-6H,7,18H2,1H3. The molecule has 106 valence electrons.